The van der Waals surface area contributed by atoms with E-state index < -0.39 is 11.7 Å². The molecule has 1 atom stereocenters. The van der Waals surface area contributed by atoms with Crippen LogP contribution in [0.1, 0.15) is 43.4 Å². The van der Waals surface area contributed by atoms with Crippen LogP contribution in [0.4, 0.5) is 13.2 Å². The van der Waals surface area contributed by atoms with E-state index in [2.05, 4.69) is 33.1 Å². The van der Waals surface area contributed by atoms with Crippen LogP contribution < -0.4 is 5.32 Å². The molecule has 0 unspecified atom stereocenters. The summed E-state index contributed by atoms with van der Waals surface area (Å²) >= 11 is 3.45. The normalized spacial score (nSPS) is 16.9. The highest BCUT2D eigenvalue weighted by molar-refractivity contribution is 9.10. The van der Waals surface area contributed by atoms with Crippen molar-refractivity contribution in [3.63, 3.8) is 0 Å². The van der Waals surface area contributed by atoms with E-state index in [0.29, 0.717) is 0 Å². The second-order valence-electron chi connectivity index (χ2n) is 5.68. The van der Waals surface area contributed by atoms with E-state index in [1.54, 1.807) is 0 Å². The summed E-state index contributed by atoms with van der Waals surface area (Å²) in [5.74, 6) is 0. The quantitative estimate of drug-likeness (QED) is 0.640. The van der Waals surface area contributed by atoms with Gasteiger partial charge in [-0.15, -0.1) is 24.8 Å². The van der Waals surface area contributed by atoms with Crippen molar-refractivity contribution in [3.8, 4) is 0 Å². The summed E-state index contributed by atoms with van der Waals surface area (Å²) in [6.07, 6.45) is -1.36. The first-order valence-corrected chi connectivity index (χ1v) is 8.54. The first kappa shape index (κ1) is 24.0. The minimum Gasteiger partial charge on any atom is -0.314 e. The molecule has 1 aliphatic rings. The second-order valence-corrected chi connectivity index (χ2v) is 6.53. The van der Waals surface area contributed by atoms with Crippen molar-refractivity contribution in [2.75, 3.05) is 26.2 Å². The van der Waals surface area contributed by atoms with Gasteiger partial charge in [0, 0.05) is 36.7 Å². The molecular weight excluding hydrogens is 428 g/mol. The SMILES string of the molecule is CCCC[C@@H](c1cc(C(F)(F)F)ccc1Br)N1CCNCC1.Cl.Cl. The van der Waals surface area contributed by atoms with Gasteiger partial charge < -0.3 is 5.32 Å². The van der Waals surface area contributed by atoms with Gasteiger partial charge in [-0.2, -0.15) is 13.2 Å². The minimum absolute atomic E-state index is 0. The van der Waals surface area contributed by atoms with Gasteiger partial charge in [-0.1, -0.05) is 35.7 Å². The van der Waals surface area contributed by atoms with Gasteiger partial charge in [-0.05, 0) is 30.2 Å². The van der Waals surface area contributed by atoms with Gasteiger partial charge in [0.05, 0.1) is 5.56 Å². The van der Waals surface area contributed by atoms with Crippen molar-refractivity contribution >= 4 is 40.7 Å². The minimum atomic E-state index is -4.30. The van der Waals surface area contributed by atoms with Crippen molar-refractivity contribution in [3.05, 3.63) is 33.8 Å². The summed E-state index contributed by atoms with van der Waals surface area (Å²) in [4.78, 5) is 2.30. The fraction of sp³-hybridized carbons (Fsp3) is 0.625. The lowest BCUT2D eigenvalue weighted by atomic mass is 9.97. The molecule has 1 saturated heterocycles. The third-order valence-corrected chi connectivity index (χ3v) is 4.83. The molecule has 0 bridgehead atoms. The zero-order chi connectivity index (χ0) is 16.2. The van der Waals surface area contributed by atoms with Gasteiger partial charge in [-0.3, -0.25) is 4.90 Å². The molecule has 1 aliphatic heterocycles. The molecule has 2 nitrogen and oxygen atoms in total. The highest BCUT2D eigenvalue weighted by Crippen LogP contribution is 2.37. The summed E-state index contributed by atoms with van der Waals surface area (Å²) in [6, 6.07) is 4.02. The van der Waals surface area contributed by atoms with Gasteiger partial charge in [0.25, 0.3) is 0 Å². The molecule has 0 aliphatic carbocycles. The number of unbranched alkanes of at least 4 members (excludes halogenated alkanes) is 1. The van der Waals surface area contributed by atoms with Crippen molar-refractivity contribution in [1.29, 1.82) is 0 Å². The third-order valence-electron chi connectivity index (χ3n) is 4.11. The first-order valence-electron chi connectivity index (χ1n) is 7.75. The lowest BCUT2D eigenvalue weighted by Gasteiger charge is -2.36. The van der Waals surface area contributed by atoms with Crippen molar-refractivity contribution in [1.82, 2.24) is 10.2 Å². The largest absolute Gasteiger partial charge is 0.416 e. The maximum atomic E-state index is 13.0. The number of halogens is 6. The zero-order valence-electron chi connectivity index (χ0n) is 13.5. The molecule has 0 aromatic heterocycles. The molecule has 1 N–H and O–H groups in total. The second kappa shape index (κ2) is 10.9. The maximum absolute atomic E-state index is 13.0. The van der Waals surface area contributed by atoms with Crippen LogP contribution in [0.15, 0.2) is 22.7 Å². The van der Waals surface area contributed by atoms with E-state index in [0.717, 1.165) is 61.5 Å². The van der Waals surface area contributed by atoms with E-state index in [1.807, 2.05) is 0 Å². The van der Waals surface area contributed by atoms with E-state index in [-0.39, 0.29) is 30.9 Å². The Labute approximate surface area is 162 Å². The molecule has 8 heteroatoms. The third kappa shape index (κ3) is 6.37. The lowest BCUT2D eigenvalue weighted by molar-refractivity contribution is -0.137. The highest BCUT2D eigenvalue weighted by Gasteiger charge is 2.32. The zero-order valence-corrected chi connectivity index (χ0v) is 16.8. The number of benzene rings is 1. The van der Waals surface area contributed by atoms with Crippen molar-refractivity contribution in [2.24, 2.45) is 0 Å². The van der Waals surface area contributed by atoms with Crippen molar-refractivity contribution < 1.29 is 13.2 Å². The Balaban J connectivity index is 0.00000264. The Hall–Kier alpha value is -0.0100. The van der Waals surface area contributed by atoms with Crippen molar-refractivity contribution in [2.45, 2.75) is 38.4 Å². The molecule has 2 rings (SSSR count). The van der Waals surface area contributed by atoms with E-state index >= 15 is 0 Å². The monoisotopic (exact) mass is 450 g/mol. The summed E-state index contributed by atoms with van der Waals surface area (Å²) in [5.41, 5.74) is 0.188. The molecule has 24 heavy (non-hydrogen) atoms. The molecule has 0 amide bonds. The standard InChI is InChI=1S/C16H22BrF3N2.2ClH/c1-2-3-4-15(22-9-7-21-8-10-22)13-11-12(16(18,19)20)5-6-14(13)17;;/h5-6,11,15,21H,2-4,7-10H2,1H3;2*1H/t15-;;/m0../s1. The van der Waals surface area contributed by atoms with Crippen LogP contribution in [-0.2, 0) is 6.18 Å². The van der Waals surface area contributed by atoms with Gasteiger partial charge in [0.1, 0.15) is 0 Å². The van der Waals surface area contributed by atoms with E-state index in [9.17, 15) is 13.2 Å². The Kier molecular flexibility index (Phi) is 10.9. The van der Waals surface area contributed by atoms with Gasteiger partial charge in [0.2, 0.25) is 0 Å². The summed E-state index contributed by atoms with van der Waals surface area (Å²) in [6.45, 7) is 5.63. The fourth-order valence-electron chi connectivity index (χ4n) is 2.90. The Morgan fingerprint density at radius 3 is 2.38 bits per heavy atom. The number of nitrogens with one attached hydrogen (secondary N) is 1. The number of nitrogens with zero attached hydrogens (tertiary/aromatic N) is 1. The lowest BCUT2D eigenvalue weighted by Crippen LogP contribution is -2.45. The van der Waals surface area contributed by atoms with Crippen LogP contribution in [-0.4, -0.2) is 31.1 Å². The predicted molar refractivity (Wildman–Crippen MR) is 100 cm³/mol. The van der Waals surface area contributed by atoms with Crippen LogP contribution in [0, 0.1) is 0 Å². The van der Waals surface area contributed by atoms with Gasteiger partial charge in [0.15, 0.2) is 0 Å². The summed E-state index contributed by atoms with van der Waals surface area (Å²) in [5, 5.41) is 3.29. The van der Waals surface area contributed by atoms with Crippen LogP contribution in [0.5, 0.6) is 0 Å². The number of hydrogen-bond acceptors (Lipinski definition) is 2. The van der Waals surface area contributed by atoms with Gasteiger partial charge in [-0.25, -0.2) is 0 Å². The topological polar surface area (TPSA) is 15.3 Å². The molecule has 0 radical (unpaired) electrons. The van der Waals surface area contributed by atoms with Crippen LogP contribution >= 0.6 is 40.7 Å². The molecule has 1 heterocycles. The summed E-state index contributed by atoms with van der Waals surface area (Å²) < 4.78 is 39.8. The number of hydrogen-bond donors (Lipinski definition) is 1. The average Bonchev–Trinajstić information content (AvgIpc) is 2.49. The summed E-state index contributed by atoms with van der Waals surface area (Å²) in [7, 11) is 0. The van der Waals surface area contributed by atoms with Crippen LogP contribution in [0.3, 0.4) is 0 Å². The molecule has 140 valence electrons. The number of rotatable bonds is 5. The highest BCUT2D eigenvalue weighted by atomic mass is 79.9. The van der Waals surface area contributed by atoms with E-state index in [1.165, 1.54) is 12.1 Å². The molecule has 0 saturated carbocycles. The van der Waals surface area contributed by atoms with E-state index in [4.69, 9.17) is 0 Å². The Bertz CT molecular complexity index is 495. The average molecular weight is 452 g/mol. The smallest absolute Gasteiger partial charge is 0.314 e. The number of alkyl halides is 3. The molecule has 0 spiro atoms. The predicted octanol–water partition coefficient (Wildman–Crippen LogP) is 5.45. The molecular formula is C16H24BrCl2F3N2. The molecule has 1 aromatic rings. The fourth-order valence-corrected chi connectivity index (χ4v) is 3.41. The maximum Gasteiger partial charge on any atom is 0.416 e. The first-order chi connectivity index (χ1) is 10.4. The van der Waals surface area contributed by atoms with Crippen LogP contribution in [0.25, 0.3) is 0 Å². The molecule has 1 aromatic carbocycles. The Morgan fingerprint density at radius 2 is 1.83 bits per heavy atom. The van der Waals surface area contributed by atoms with Gasteiger partial charge >= 0.3 is 6.18 Å². The van der Waals surface area contributed by atoms with Crippen LogP contribution in [0.2, 0.25) is 0 Å². The molecule has 1 fully saturated rings. The Morgan fingerprint density at radius 1 is 1.21 bits per heavy atom. The number of piperazine rings is 1.